The smallest absolute Gasteiger partial charge is 0.254 e. The Bertz CT molecular complexity index is 917. The third kappa shape index (κ3) is 4.24. The van der Waals surface area contributed by atoms with Crippen LogP contribution in [0.3, 0.4) is 0 Å². The first-order valence-electron chi connectivity index (χ1n) is 9.92. The van der Waals surface area contributed by atoms with E-state index in [1.807, 2.05) is 30.3 Å². The summed E-state index contributed by atoms with van der Waals surface area (Å²) in [4.78, 5) is 17.0. The predicted molar refractivity (Wildman–Crippen MR) is 108 cm³/mol. The Kier molecular flexibility index (Phi) is 5.44. The number of hydrogen-bond donors (Lipinski definition) is 0. The van der Waals surface area contributed by atoms with E-state index in [0.29, 0.717) is 17.7 Å². The second kappa shape index (κ2) is 7.99. The van der Waals surface area contributed by atoms with Gasteiger partial charge in [0.1, 0.15) is 5.76 Å². The van der Waals surface area contributed by atoms with Gasteiger partial charge in [0.05, 0.1) is 18.1 Å². The topological polar surface area (TPSA) is 70.8 Å². The second-order valence-corrected chi connectivity index (χ2v) is 9.87. The Balaban J connectivity index is 1.55. The summed E-state index contributed by atoms with van der Waals surface area (Å²) in [5.41, 5.74) is 0.564. The van der Waals surface area contributed by atoms with Crippen LogP contribution in [0.5, 0.6) is 0 Å². The largest absolute Gasteiger partial charge is 0.444 e. The summed E-state index contributed by atoms with van der Waals surface area (Å²) in [6.45, 7) is 2.25. The molecule has 1 aromatic heterocycles. The van der Waals surface area contributed by atoms with Gasteiger partial charge >= 0.3 is 0 Å². The van der Waals surface area contributed by atoms with Gasteiger partial charge in [0.2, 0.25) is 0 Å². The molecule has 28 heavy (non-hydrogen) atoms. The summed E-state index contributed by atoms with van der Waals surface area (Å²) in [5.74, 6) is 1.52. The third-order valence-corrected chi connectivity index (χ3v) is 7.32. The molecule has 0 bridgehead atoms. The molecule has 7 heteroatoms. The molecule has 0 N–H and O–H groups in total. The number of carbonyl (C=O) groups is 1. The molecule has 0 saturated carbocycles. The van der Waals surface area contributed by atoms with Gasteiger partial charge in [-0.15, -0.1) is 0 Å². The number of anilines is 1. The first kappa shape index (κ1) is 19.1. The van der Waals surface area contributed by atoms with Gasteiger partial charge in [-0.1, -0.05) is 18.2 Å². The molecule has 0 radical (unpaired) electrons. The molecule has 2 aliphatic rings. The fraction of sp³-hybridized carbons (Fsp3) is 0.476. The molecule has 1 aromatic carbocycles. The Hall–Kier alpha value is -2.28. The lowest BCUT2D eigenvalue weighted by atomic mass is 10.1. The van der Waals surface area contributed by atoms with E-state index >= 15 is 0 Å². The lowest BCUT2D eigenvalue weighted by Gasteiger charge is -2.28. The number of hydrogen-bond acceptors (Lipinski definition) is 5. The van der Waals surface area contributed by atoms with E-state index in [1.165, 1.54) is 6.42 Å². The maximum Gasteiger partial charge on any atom is 0.254 e. The monoisotopic (exact) mass is 402 g/mol. The van der Waals surface area contributed by atoms with Crippen LogP contribution in [0.1, 0.15) is 41.8 Å². The number of amides is 1. The molecule has 3 heterocycles. The van der Waals surface area contributed by atoms with Gasteiger partial charge in [-0.3, -0.25) is 4.79 Å². The average molecular weight is 403 g/mol. The van der Waals surface area contributed by atoms with Crippen molar-refractivity contribution in [2.45, 2.75) is 38.3 Å². The van der Waals surface area contributed by atoms with Crippen molar-refractivity contribution < 1.29 is 17.6 Å². The normalized spacial score (nSPS) is 21.6. The fourth-order valence-electron chi connectivity index (χ4n) is 4.04. The van der Waals surface area contributed by atoms with E-state index in [0.717, 1.165) is 31.8 Å². The van der Waals surface area contributed by atoms with E-state index < -0.39 is 9.84 Å². The van der Waals surface area contributed by atoms with Crippen molar-refractivity contribution in [3.8, 4) is 0 Å². The molecule has 6 nitrogen and oxygen atoms in total. The average Bonchev–Trinajstić information content (AvgIpc) is 3.33. The highest BCUT2D eigenvalue weighted by Gasteiger charge is 2.35. The number of sulfone groups is 1. The first-order chi connectivity index (χ1) is 13.5. The van der Waals surface area contributed by atoms with Crippen molar-refractivity contribution in [2.24, 2.45) is 0 Å². The SMILES string of the molecule is O=C(c1ccccc1)N(Cc1ccc(N2CCCCC2)o1)C1CCS(=O)(=O)C1. The van der Waals surface area contributed by atoms with E-state index in [1.54, 1.807) is 17.0 Å². The highest BCUT2D eigenvalue weighted by Crippen LogP contribution is 2.26. The van der Waals surface area contributed by atoms with Gasteiger partial charge in [-0.25, -0.2) is 8.42 Å². The Morgan fingerprint density at radius 1 is 1.07 bits per heavy atom. The maximum absolute atomic E-state index is 13.1. The molecular weight excluding hydrogens is 376 g/mol. The number of rotatable bonds is 5. The van der Waals surface area contributed by atoms with Gasteiger partial charge in [-0.2, -0.15) is 0 Å². The minimum absolute atomic E-state index is 0.0191. The van der Waals surface area contributed by atoms with Crippen LogP contribution in [0, 0.1) is 0 Å². The number of piperidine rings is 1. The van der Waals surface area contributed by atoms with E-state index in [-0.39, 0.29) is 30.0 Å². The van der Waals surface area contributed by atoms with Crippen LogP contribution in [-0.4, -0.2) is 49.9 Å². The van der Waals surface area contributed by atoms with Crippen molar-refractivity contribution in [3.05, 3.63) is 53.8 Å². The van der Waals surface area contributed by atoms with Crippen LogP contribution >= 0.6 is 0 Å². The van der Waals surface area contributed by atoms with Crippen LogP contribution in [0.15, 0.2) is 46.9 Å². The molecular formula is C21H26N2O4S. The molecule has 0 aliphatic carbocycles. The molecule has 2 saturated heterocycles. The minimum Gasteiger partial charge on any atom is -0.444 e. The Morgan fingerprint density at radius 3 is 2.50 bits per heavy atom. The lowest BCUT2D eigenvalue weighted by molar-refractivity contribution is 0.0666. The zero-order valence-electron chi connectivity index (χ0n) is 15.9. The number of nitrogens with zero attached hydrogens (tertiary/aromatic N) is 2. The molecule has 4 rings (SSSR count). The van der Waals surface area contributed by atoms with Crippen LogP contribution in [0.25, 0.3) is 0 Å². The lowest BCUT2D eigenvalue weighted by Crippen LogP contribution is -2.40. The molecule has 2 fully saturated rings. The Morgan fingerprint density at radius 2 is 1.82 bits per heavy atom. The molecule has 1 atom stereocenters. The van der Waals surface area contributed by atoms with Crippen molar-refractivity contribution in [1.29, 1.82) is 0 Å². The molecule has 1 unspecified atom stereocenters. The number of furan rings is 1. The van der Waals surface area contributed by atoms with Crippen molar-refractivity contribution in [1.82, 2.24) is 4.90 Å². The zero-order valence-corrected chi connectivity index (χ0v) is 16.7. The fourth-order valence-corrected chi connectivity index (χ4v) is 5.77. The van der Waals surface area contributed by atoms with Crippen LogP contribution in [0.4, 0.5) is 5.88 Å². The summed E-state index contributed by atoms with van der Waals surface area (Å²) in [6, 6.07) is 12.6. The molecule has 150 valence electrons. The maximum atomic E-state index is 13.1. The van der Waals surface area contributed by atoms with Gasteiger partial charge in [0.15, 0.2) is 15.7 Å². The van der Waals surface area contributed by atoms with Gasteiger partial charge in [0.25, 0.3) is 5.91 Å². The summed E-state index contributed by atoms with van der Waals surface area (Å²) in [7, 11) is -3.09. The second-order valence-electron chi connectivity index (χ2n) is 7.64. The van der Waals surface area contributed by atoms with E-state index in [4.69, 9.17) is 4.42 Å². The molecule has 1 amide bonds. The summed E-state index contributed by atoms with van der Waals surface area (Å²) in [6.07, 6.45) is 4.04. The molecule has 0 spiro atoms. The quantitative estimate of drug-likeness (QED) is 0.769. The number of carbonyl (C=O) groups excluding carboxylic acids is 1. The van der Waals surface area contributed by atoms with Gasteiger partial charge in [0, 0.05) is 30.8 Å². The van der Waals surface area contributed by atoms with Crippen LogP contribution in [-0.2, 0) is 16.4 Å². The predicted octanol–water partition coefficient (Wildman–Crippen LogP) is 3.10. The zero-order chi connectivity index (χ0) is 19.6. The summed E-state index contributed by atoms with van der Waals surface area (Å²) < 4.78 is 30.0. The van der Waals surface area contributed by atoms with Crippen molar-refractivity contribution in [2.75, 3.05) is 29.5 Å². The summed E-state index contributed by atoms with van der Waals surface area (Å²) >= 11 is 0. The minimum atomic E-state index is -3.09. The van der Waals surface area contributed by atoms with Crippen molar-refractivity contribution in [3.63, 3.8) is 0 Å². The van der Waals surface area contributed by atoms with Gasteiger partial charge in [-0.05, 0) is 43.9 Å². The first-order valence-corrected chi connectivity index (χ1v) is 11.7. The molecule has 2 aromatic rings. The van der Waals surface area contributed by atoms with E-state index in [9.17, 15) is 13.2 Å². The highest BCUT2D eigenvalue weighted by atomic mass is 32.2. The van der Waals surface area contributed by atoms with Crippen molar-refractivity contribution >= 4 is 21.6 Å². The van der Waals surface area contributed by atoms with Crippen LogP contribution in [0.2, 0.25) is 0 Å². The standard InChI is InChI=1S/C21H26N2O4S/c24-21(17-7-3-1-4-8-17)23(18-11-14-28(25,26)16-18)15-19-9-10-20(27-19)22-12-5-2-6-13-22/h1,3-4,7-10,18H,2,5-6,11-16H2. The Labute approximate surface area is 166 Å². The molecule has 2 aliphatic heterocycles. The third-order valence-electron chi connectivity index (χ3n) is 5.57. The van der Waals surface area contributed by atoms with Gasteiger partial charge < -0.3 is 14.2 Å². The van der Waals surface area contributed by atoms with E-state index in [2.05, 4.69) is 4.90 Å². The highest BCUT2D eigenvalue weighted by molar-refractivity contribution is 7.91. The van der Waals surface area contributed by atoms with Crippen LogP contribution < -0.4 is 4.90 Å². The summed E-state index contributed by atoms with van der Waals surface area (Å²) in [5, 5.41) is 0. The number of benzene rings is 1.